The number of alkyl halides is 3. The molecule has 1 aromatic rings. The number of carbonyl (C=O) groups excluding carboxylic acids is 1. The quantitative estimate of drug-likeness (QED) is 0.840. The van der Waals surface area contributed by atoms with Gasteiger partial charge in [-0.2, -0.15) is 13.2 Å². The third kappa shape index (κ3) is 5.64. The lowest BCUT2D eigenvalue weighted by Crippen LogP contribution is -2.41. The van der Waals surface area contributed by atoms with Crippen LogP contribution in [0.15, 0.2) is 22.8 Å². The van der Waals surface area contributed by atoms with Gasteiger partial charge in [-0.3, -0.25) is 4.79 Å². The van der Waals surface area contributed by atoms with E-state index in [4.69, 9.17) is 10.2 Å². The molecule has 1 amide bonds. The number of nitrogens with two attached hydrogens (primary N) is 1. The number of hydrogen-bond acceptors (Lipinski definition) is 3. The first-order valence-electron chi connectivity index (χ1n) is 6.41. The van der Waals surface area contributed by atoms with E-state index in [1.807, 2.05) is 0 Å². The van der Waals surface area contributed by atoms with Crippen molar-refractivity contribution >= 4 is 5.91 Å². The Morgan fingerprint density at radius 2 is 2.20 bits per heavy atom. The van der Waals surface area contributed by atoms with Crippen molar-refractivity contribution in [1.29, 1.82) is 0 Å². The summed E-state index contributed by atoms with van der Waals surface area (Å²) in [6, 6.07) is 3.12. The minimum absolute atomic E-state index is 0.182. The van der Waals surface area contributed by atoms with E-state index in [0.717, 1.165) is 4.90 Å². The predicted octanol–water partition coefficient (Wildman–Crippen LogP) is 2.55. The minimum atomic E-state index is -4.43. The second kappa shape index (κ2) is 7.33. The van der Waals surface area contributed by atoms with Crippen molar-refractivity contribution < 1.29 is 22.4 Å². The summed E-state index contributed by atoms with van der Waals surface area (Å²) in [4.78, 5) is 12.9. The van der Waals surface area contributed by atoms with Crippen LogP contribution in [0.2, 0.25) is 0 Å². The van der Waals surface area contributed by atoms with E-state index in [9.17, 15) is 18.0 Å². The molecule has 1 atom stereocenters. The van der Waals surface area contributed by atoms with Gasteiger partial charge in [0.2, 0.25) is 5.91 Å². The molecule has 2 N–H and O–H groups in total. The van der Waals surface area contributed by atoms with Crippen molar-refractivity contribution in [2.45, 2.75) is 32.5 Å². The lowest BCUT2D eigenvalue weighted by molar-refractivity contribution is -0.165. The zero-order valence-corrected chi connectivity index (χ0v) is 11.3. The third-order valence-corrected chi connectivity index (χ3v) is 2.87. The van der Waals surface area contributed by atoms with Crippen LogP contribution in [0.3, 0.4) is 0 Å². The van der Waals surface area contributed by atoms with Gasteiger partial charge in [0, 0.05) is 5.92 Å². The molecule has 0 bridgehead atoms. The zero-order valence-electron chi connectivity index (χ0n) is 11.3. The summed E-state index contributed by atoms with van der Waals surface area (Å²) in [7, 11) is 0. The zero-order chi connectivity index (χ0) is 15.2. The summed E-state index contributed by atoms with van der Waals surface area (Å²) >= 11 is 0. The van der Waals surface area contributed by atoms with Crippen LogP contribution in [-0.4, -0.2) is 30.1 Å². The number of carbonyl (C=O) groups is 1. The normalized spacial score (nSPS) is 13.2. The maximum atomic E-state index is 12.6. The van der Waals surface area contributed by atoms with E-state index in [1.54, 1.807) is 19.1 Å². The van der Waals surface area contributed by atoms with Gasteiger partial charge in [0.15, 0.2) is 0 Å². The van der Waals surface area contributed by atoms with E-state index in [0.29, 0.717) is 25.1 Å². The first-order valence-corrected chi connectivity index (χ1v) is 6.41. The van der Waals surface area contributed by atoms with E-state index < -0.39 is 24.5 Å². The smallest absolute Gasteiger partial charge is 0.406 e. The van der Waals surface area contributed by atoms with Gasteiger partial charge in [0.1, 0.15) is 12.3 Å². The van der Waals surface area contributed by atoms with Gasteiger partial charge >= 0.3 is 6.18 Å². The van der Waals surface area contributed by atoms with Gasteiger partial charge in [-0.25, -0.2) is 0 Å². The molecular weight excluding hydrogens is 273 g/mol. The van der Waals surface area contributed by atoms with Crippen LogP contribution >= 0.6 is 0 Å². The molecule has 0 saturated heterocycles. The van der Waals surface area contributed by atoms with Gasteiger partial charge in [-0.1, -0.05) is 6.92 Å². The van der Waals surface area contributed by atoms with E-state index >= 15 is 0 Å². The Labute approximate surface area is 115 Å². The van der Waals surface area contributed by atoms with Crippen LogP contribution in [-0.2, 0) is 11.3 Å². The average Bonchev–Trinajstić information content (AvgIpc) is 2.85. The SMILES string of the molecule is CC(CCCN)C(=O)N(Cc1ccco1)CC(F)(F)F. The summed E-state index contributed by atoms with van der Waals surface area (Å²) in [5, 5.41) is 0. The first-order chi connectivity index (χ1) is 9.33. The van der Waals surface area contributed by atoms with E-state index in [1.165, 1.54) is 6.26 Å². The molecule has 20 heavy (non-hydrogen) atoms. The number of hydrogen-bond donors (Lipinski definition) is 1. The van der Waals surface area contributed by atoms with Gasteiger partial charge < -0.3 is 15.1 Å². The molecule has 1 rings (SSSR count). The van der Waals surface area contributed by atoms with Crippen molar-refractivity contribution in [2.24, 2.45) is 11.7 Å². The molecule has 0 aliphatic rings. The van der Waals surface area contributed by atoms with Crippen molar-refractivity contribution in [3.8, 4) is 0 Å². The Hall–Kier alpha value is -1.50. The average molecular weight is 292 g/mol. The Balaban J connectivity index is 2.73. The highest BCUT2D eigenvalue weighted by atomic mass is 19.4. The summed E-state index contributed by atoms with van der Waals surface area (Å²) in [5.74, 6) is -0.698. The molecule has 0 saturated carbocycles. The lowest BCUT2D eigenvalue weighted by Gasteiger charge is -2.26. The summed E-state index contributed by atoms with van der Waals surface area (Å²) < 4.78 is 42.7. The molecule has 114 valence electrons. The maximum absolute atomic E-state index is 12.6. The predicted molar refractivity (Wildman–Crippen MR) is 67.6 cm³/mol. The highest BCUT2D eigenvalue weighted by Crippen LogP contribution is 2.21. The lowest BCUT2D eigenvalue weighted by atomic mass is 10.0. The van der Waals surface area contributed by atoms with Crippen molar-refractivity contribution in [3.05, 3.63) is 24.2 Å². The molecule has 1 unspecified atom stereocenters. The highest BCUT2D eigenvalue weighted by Gasteiger charge is 2.34. The van der Waals surface area contributed by atoms with Gasteiger partial charge in [-0.15, -0.1) is 0 Å². The Kier molecular flexibility index (Phi) is 6.06. The monoisotopic (exact) mass is 292 g/mol. The van der Waals surface area contributed by atoms with Crippen LogP contribution in [0, 0.1) is 5.92 Å². The minimum Gasteiger partial charge on any atom is -0.467 e. The first kappa shape index (κ1) is 16.6. The van der Waals surface area contributed by atoms with Crippen LogP contribution in [0.5, 0.6) is 0 Å². The fourth-order valence-electron chi connectivity index (χ4n) is 1.88. The van der Waals surface area contributed by atoms with Crippen LogP contribution in [0.4, 0.5) is 13.2 Å². The highest BCUT2D eigenvalue weighted by molar-refractivity contribution is 5.78. The van der Waals surface area contributed by atoms with Crippen molar-refractivity contribution in [3.63, 3.8) is 0 Å². The molecule has 0 fully saturated rings. The standard InChI is InChI=1S/C13H19F3N2O2/c1-10(4-2-6-17)12(19)18(9-13(14,15)16)8-11-5-3-7-20-11/h3,5,7,10H,2,4,6,8-9,17H2,1H3. The molecule has 1 aromatic heterocycles. The number of nitrogens with zero attached hydrogens (tertiary/aromatic N) is 1. The number of amides is 1. The topological polar surface area (TPSA) is 59.5 Å². The van der Waals surface area contributed by atoms with Crippen LogP contribution in [0.1, 0.15) is 25.5 Å². The molecule has 0 aromatic carbocycles. The molecule has 0 radical (unpaired) electrons. The number of rotatable bonds is 7. The third-order valence-electron chi connectivity index (χ3n) is 2.87. The summed E-state index contributed by atoms with van der Waals surface area (Å²) in [5.41, 5.74) is 5.34. The van der Waals surface area contributed by atoms with Gasteiger partial charge in [-0.05, 0) is 31.5 Å². The summed E-state index contributed by atoms with van der Waals surface area (Å²) in [6.45, 7) is 0.566. The molecule has 0 aliphatic carbocycles. The van der Waals surface area contributed by atoms with Crippen molar-refractivity contribution in [1.82, 2.24) is 4.90 Å². The van der Waals surface area contributed by atoms with Crippen LogP contribution in [0.25, 0.3) is 0 Å². The largest absolute Gasteiger partial charge is 0.467 e. The Morgan fingerprint density at radius 1 is 1.50 bits per heavy atom. The summed E-state index contributed by atoms with van der Waals surface area (Å²) in [6.07, 6.45) is -1.99. The molecule has 4 nitrogen and oxygen atoms in total. The van der Waals surface area contributed by atoms with Gasteiger partial charge in [0.05, 0.1) is 12.8 Å². The molecule has 7 heteroatoms. The van der Waals surface area contributed by atoms with E-state index in [-0.39, 0.29) is 6.54 Å². The second-order valence-electron chi connectivity index (χ2n) is 4.72. The molecule has 0 aliphatic heterocycles. The molecular formula is C13H19F3N2O2. The van der Waals surface area contributed by atoms with E-state index in [2.05, 4.69) is 0 Å². The molecule has 1 heterocycles. The fraction of sp³-hybridized carbons (Fsp3) is 0.615. The number of furan rings is 1. The second-order valence-corrected chi connectivity index (χ2v) is 4.72. The van der Waals surface area contributed by atoms with Crippen molar-refractivity contribution in [2.75, 3.05) is 13.1 Å². The van der Waals surface area contributed by atoms with Crippen LogP contribution < -0.4 is 5.73 Å². The molecule has 0 spiro atoms. The number of halogens is 3. The van der Waals surface area contributed by atoms with Gasteiger partial charge in [0.25, 0.3) is 0 Å². The Morgan fingerprint density at radius 3 is 2.70 bits per heavy atom. The Bertz CT molecular complexity index is 404. The maximum Gasteiger partial charge on any atom is 0.406 e. The fourth-order valence-corrected chi connectivity index (χ4v) is 1.88.